The molecule has 10 nitrogen and oxygen atoms in total. The molecule has 3 aromatic carbocycles. The highest BCUT2D eigenvalue weighted by Gasteiger charge is 2.18. The Kier molecular flexibility index (Phi) is 9.04. The summed E-state index contributed by atoms with van der Waals surface area (Å²) >= 11 is 0. The number of nitrogens with one attached hydrogen (secondary N) is 2. The van der Waals surface area contributed by atoms with Gasteiger partial charge in [0.1, 0.15) is 18.1 Å². The first-order chi connectivity index (χ1) is 20.3. The summed E-state index contributed by atoms with van der Waals surface area (Å²) in [6, 6.07) is 18.7. The fourth-order valence-electron chi connectivity index (χ4n) is 4.67. The molecule has 0 saturated carbocycles. The quantitative estimate of drug-likeness (QED) is 0.249. The van der Waals surface area contributed by atoms with Gasteiger partial charge in [0, 0.05) is 42.7 Å². The second-order valence-electron chi connectivity index (χ2n) is 11.0. The third-order valence-corrected chi connectivity index (χ3v) is 7.01. The molecule has 2 heterocycles. The lowest BCUT2D eigenvalue weighted by molar-refractivity contribution is 0.0317. The normalized spacial score (nSPS) is 13.9. The Balaban J connectivity index is 1.28. The average molecular weight is 572 g/mol. The van der Waals surface area contributed by atoms with E-state index in [0.29, 0.717) is 35.4 Å². The van der Waals surface area contributed by atoms with Gasteiger partial charge >= 0.3 is 12.0 Å². The van der Waals surface area contributed by atoms with Gasteiger partial charge in [0.05, 0.1) is 31.7 Å². The van der Waals surface area contributed by atoms with Crippen LogP contribution < -0.4 is 24.8 Å². The van der Waals surface area contributed by atoms with E-state index in [1.54, 1.807) is 31.5 Å². The Hall–Kier alpha value is -4.41. The van der Waals surface area contributed by atoms with Gasteiger partial charge in [0.15, 0.2) is 0 Å². The molecule has 42 heavy (non-hydrogen) atoms. The van der Waals surface area contributed by atoms with Crippen molar-refractivity contribution in [3.8, 4) is 23.4 Å². The van der Waals surface area contributed by atoms with Crippen LogP contribution in [0.2, 0.25) is 0 Å². The van der Waals surface area contributed by atoms with E-state index in [9.17, 15) is 4.79 Å². The van der Waals surface area contributed by atoms with E-state index in [2.05, 4.69) is 46.3 Å². The van der Waals surface area contributed by atoms with Crippen LogP contribution in [-0.2, 0) is 10.2 Å². The predicted octanol–water partition coefficient (Wildman–Crippen LogP) is 6.08. The van der Waals surface area contributed by atoms with Gasteiger partial charge in [-0.3, -0.25) is 4.90 Å². The third-order valence-electron chi connectivity index (χ3n) is 7.01. The molecular formula is C32H37N5O5. The minimum atomic E-state index is -0.382. The van der Waals surface area contributed by atoms with Crippen LogP contribution in [0.4, 0.5) is 16.2 Å². The van der Waals surface area contributed by atoms with E-state index >= 15 is 0 Å². The summed E-state index contributed by atoms with van der Waals surface area (Å²) in [5.41, 5.74) is 2.24. The zero-order chi connectivity index (χ0) is 29.5. The first kappa shape index (κ1) is 29.1. The van der Waals surface area contributed by atoms with Crippen molar-refractivity contribution in [3.05, 3.63) is 72.4 Å². The topological polar surface area (TPSA) is 107 Å². The van der Waals surface area contributed by atoms with Crippen molar-refractivity contribution < 1.29 is 23.7 Å². The predicted molar refractivity (Wildman–Crippen MR) is 163 cm³/mol. The summed E-state index contributed by atoms with van der Waals surface area (Å²) in [7, 11) is 1.58. The molecule has 2 amide bonds. The van der Waals surface area contributed by atoms with Crippen LogP contribution in [0.1, 0.15) is 26.3 Å². The SMILES string of the molecule is COc1ccc(C(C)(C)C)cc1NC(=O)Nc1ccc(Oc2ccnc(OCCN3CCOCC3)n2)c2ccccc12. The second kappa shape index (κ2) is 13.1. The lowest BCUT2D eigenvalue weighted by atomic mass is 9.87. The molecule has 220 valence electrons. The van der Waals surface area contributed by atoms with Crippen LogP contribution in [0.15, 0.2) is 66.9 Å². The number of rotatable bonds is 9. The molecule has 10 heteroatoms. The Morgan fingerprint density at radius 2 is 1.69 bits per heavy atom. The summed E-state index contributed by atoms with van der Waals surface area (Å²) < 4.78 is 22.8. The van der Waals surface area contributed by atoms with Crippen molar-refractivity contribution >= 4 is 28.2 Å². The highest BCUT2D eigenvalue weighted by atomic mass is 16.5. The van der Waals surface area contributed by atoms with Crippen molar-refractivity contribution in [1.82, 2.24) is 14.9 Å². The van der Waals surface area contributed by atoms with Crippen LogP contribution in [0, 0.1) is 0 Å². The number of morpholine rings is 1. The molecule has 2 N–H and O–H groups in total. The Labute approximate surface area is 246 Å². The van der Waals surface area contributed by atoms with Crippen molar-refractivity contribution in [2.75, 3.05) is 57.2 Å². The first-order valence-electron chi connectivity index (χ1n) is 14.0. The van der Waals surface area contributed by atoms with Gasteiger partial charge in [-0.2, -0.15) is 4.98 Å². The minimum absolute atomic E-state index is 0.0787. The Bertz CT molecular complexity index is 1530. The minimum Gasteiger partial charge on any atom is -0.495 e. The standard InChI is InChI=1S/C32H37N5O5/c1-32(2,3)22-9-11-28(39-4)26(21-22)35-30(38)34-25-10-12-27(24-8-6-5-7-23(24)25)42-29-13-14-33-31(36-29)41-20-17-37-15-18-40-19-16-37/h5-14,21H,15-20H2,1-4H3,(H2,34,35,38). The number of fused-ring (bicyclic) bond motifs is 1. The molecule has 5 rings (SSSR count). The molecule has 1 fully saturated rings. The van der Waals surface area contributed by atoms with Crippen LogP contribution in [0.3, 0.4) is 0 Å². The van der Waals surface area contributed by atoms with Crippen molar-refractivity contribution in [1.29, 1.82) is 0 Å². The smallest absolute Gasteiger partial charge is 0.323 e. The maximum absolute atomic E-state index is 13.1. The lowest BCUT2D eigenvalue weighted by Crippen LogP contribution is -2.38. The van der Waals surface area contributed by atoms with Crippen LogP contribution >= 0.6 is 0 Å². The zero-order valence-corrected chi connectivity index (χ0v) is 24.5. The van der Waals surface area contributed by atoms with E-state index in [1.807, 2.05) is 42.5 Å². The molecule has 0 atom stereocenters. The summed E-state index contributed by atoms with van der Waals surface area (Å²) in [5, 5.41) is 7.55. The van der Waals surface area contributed by atoms with Gasteiger partial charge in [0.25, 0.3) is 0 Å². The zero-order valence-electron chi connectivity index (χ0n) is 24.5. The molecule has 0 unspecified atom stereocenters. The number of hydrogen-bond donors (Lipinski definition) is 2. The highest BCUT2D eigenvalue weighted by Crippen LogP contribution is 2.35. The molecule has 1 aliphatic rings. The maximum atomic E-state index is 13.1. The number of anilines is 2. The van der Waals surface area contributed by atoms with Gasteiger partial charge < -0.3 is 29.6 Å². The molecule has 0 radical (unpaired) electrons. The summed E-state index contributed by atoms with van der Waals surface area (Å²) in [5.74, 6) is 1.54. The van der Waals surface area contributed by atoms with E-state index in [0.717, 1.165) is 49.2 Å². The highest BCUT2D eigenvalue weighted by molar-refractivity contribution is 6.08. The maximum Gasteiger partial charge on any atom is 0.323 e. The number of carbonyl (C=O) groups excluding carboxylic acids is 1. The van der Waals surface area contributed by atoms with Crippen molar-refractivity contribution in [2.45, 2.75) is 26.2 Å². The van der Waals surface area contributed by atoms with E-state index in [-0.39, 0.29) is 17.5 Å². The van der Waals surface area contributed by atoms with E-state index in [4.69, 9.17) is 18.9 Å². The second-order valence-corrected chi connectivity index (χ2v) is 11.0. The van der Waals surface area contributed by atoms with Crippen molar-refractivity contribution in [3.63, 3.8) is 0 Å². The average Bonchev–Trinajstić information content (AvgIpc) is 2.99. The van der Waals surface area contributed by atoms with Gasteiger partial charge in [-0.25, -0.2) is 9.78 Å². The number of urea groups is 1. The third kappa shape index (κ3) is 7.26. The number of aromatic nitrogens is 2. The summed E-state index contributed by atoms with van der Waals surface area (Å²) in [6.07, 6.45) is 1.61. The number of benzene rings is 3. The van der Waals surface area contributed by atoms with Gasteiger partial charge in [-0.15, -0.1) is 0 Å². The number of nitrogens with zero attached hydrogens (tertiary/aromatic N) is 3. The number of amides is 2. The monoisotopic (exact) mass is 571 g/mol. The van der Waals surface area contributed by atoms with E-state index in [1.165, 1.54) is 0 Å². The molecule has 1 aromatic heterocycles. The number of carbonyl (C=O) groups is 1. The van der Waals surface area contributed by atoms with Crippen LogP contribution in [-0.4, -0.2) is 67.5 Å². The van der Waals surface area contributed by atoms with Crippen LogP contribution in [0.25, 0.3) is 10.8 Å². The van der Waals surface area contributed by atoms with Crippen molar-refractivity contribution in [2.24, 2.45) is 0 Å². The molecule has 0 bridgehead atoms. The Morgan fingerprint density at radius 1 is 0.952 bits per heavy atom. The molecule has 1 aliphatic heterocycles. The molecule has 0 aliphatic carbocycles. The molecule has 1 saturated heterocycles. The van der Waals surface area contributed by atoms with Crippen LogP contribution in [0.5, 0.6) is 23.4 Å². The number of methoxy groups -OCH3 is 1. The summed E-state index contributed by atoms with van der Waals surface area (Å²) in [6.45, 7) is 10.9. The van der Waals surface area contributed by atoms with Gasteiger partial charge in [0.2, 0.25) is 5.88 Å². The number of ether oxygens (including phenoxy) is 4. The molecule has 4 aromatic rings. The van der Waals surface area contributed by atoms with Gasteiger partial charge in [-0.1, -0.05) is 51.1 Å². The summed E-state index contributed by atoms with van der Waals surface area (Å²) in [4.78, 5) is 24.0. The lowest BCUT2D eigenvalue weighted by Gasteiger charge is -2.26. The van der Waals surface area contributed by atoms with E-state index < -0.39 is 0 Å². The Morgan fingerprint density at radius 3 is 2.45 bits per heavy atom. The first-order valence-corrected chi connectivity index (χ1v) is 14.0. The number of hydrogen-bond acceptors (Lipinski definition) is 8. The largest absolute Gasteiger partial charge is 0.495 e. The fourth-order valence-corrected chi connectivity index (χ4v) is 4.67. The molecular weight excluding hydrogens is 534 g/mol. The molecule has 0 spiro atoms. The van der Waals surface area contributed by atoms with Gasteiger partial charge in [-0.05, 0) is 35.2 Å². The fraction of sp³-hybridized carbons (Fsp3) is 0.344.